The molecule has 0 unspecified atom stereocenters. The summed E-state index contributed by atoms with van der Waals surface area (Å²) in [4.78, 5) is 12.0. The van der Waals surface area contributed by atoms with E-state index in [4.69, 9.17) is 4.42 Å². The number of nitrogens with zero attached hydrogens (tertiary/aromatic N) is 2. The number of aromatic nitrogens is 2. The maximum Gasteiger partial charge on any atom is 0.277 e. The monoisotopic (exact) mass is 341 g/mol. The van der Waals surface area contributed by atoms with Gasteiger partial charge >= 0.3 is 0 Å². The number of carbonyl (C=O) groups excluding carboxylic acids is 1. The molecule has 0 aliphatic heterocycles. The van der Waals surface area contributed by atoms with Crippen LogP contribution < -0.4 is 5.32 Å². The number of hydrogen-bond acceptors (Lipinski definition) is 6. The predicted octanol–water partition coefficient (Wildman–Crippen LogP) is 3.48. The average Bonchev–Trinajstić information content (AvgIpc) is 3.04. The van der Waals surface area contributed by atoms with Crippen LogP contribution in [0.1, 0.15) is 5.56 Å². The average molecular weight is 341 g/mol. The Hall–Kier alpha value is -2.80. The lowest BCUT2D eigenvalue weighted by Gasteiger charge is -2.06. The number of benzene rings is 2. The lowest BCUT2D eigenvalue weighted by molar-refractivity contribution is -0.113. The first-order chi connectivity index (χ1) is 11.6. The van der Waals surface area contributed by atoms with Crippen molar-refractivity contribution in [1.82, 2.24) is 10.2 Å². The van der Waals surface area contributed by atoms with Gasteiger partial charge in [-0.2, -0.15) is 0 Å². The Kier molecular flexibility index (Phi) is 4.81. The Morgan fingerprint density at radius 3 is 2.83 bits per heavy atom. The molecular weight excluding hydrogens is 326 g/mol. The van der Waals surface area contributed by atoms with Gasteiger partial charge in [-0.05, 0) is 36.8 Å². The summed E-state index contributed by atoms with van der Waals surface area (Å²) in [6.45, 7) is 1.93. The molecule has 122 valence electrons. The highest BCUT2D eigenvalue weighted by atomic mass is 32.2. The van der Waals surface area contributed by atoms with Crippen LogP contribution in [0, 0.1) is 6.92 Å². The Labute approximate surface area is 142 Å². The van der Waals surface area contributed by atoms with Gasteiger partial charge in [-0.25, -0.2) is 0 Å². The molecule has 0 spiro atoms. The van der Waals surface area contributed by atoms with Crippen molar-refractivity contribution in [2.75, 3.05) is 11.1 Å². The highest BCUT2D eigenvalue weighted by molar-refractivity contribution is 7.99. The molecule has 0 saturated heterocycles. The Balaban J connectivity index is 1.59. The maximum absolute atomic E-state index is 12.0. The van der Waals surface area contributed by atoms with Gasteiger partial charge in [-0.1, -0.05) is 36.0 Å². The van der Waals surface area contributed by atoms with E-state index in [1.807, 2.05) is 31.2 Å². The smallest absolute Gasteiger partial charge is 0.277 e. The van der Waals surface area contributed by atoms with Gasteiger partial charge in [-0.3, -0.25) is 4.79 Å². The number of nitrogens with one attached hydrogen (secondary N) is 1. The van der Waals surface area contributed by atoms with Gasteiger partial charge in [0.15, 0.2) is 0 Å². The molecule has 0 radical (unpaired) electrons. The summed E-state index contributed by atoms with van der Waals surface area (Å²) in [7, 11) is 0. The molecule has 0 atom stereocenters. The summed E-state index contributed by atoms with van der Waals surface area (Å²) in [6.07, 6.45) is 0. The third-order valence-electron chi connectivity index (χ3n) is 3.25. The summed E-state index contributed by atoms with van der Waals surface area (Å²) in [5, 5.41) is 20.4. The van der Waals surface area contributed by atoms with E-state index in [-0.39, 0.29) is 17.4 Å². The number of para-hydroxylation sites is 1. The number of phenolic OH excluding ortho intramolecular Hbond substituents is 1. The molecule has 0 saturated carbocycles. The summed E-state index contributed by atoms with van der Waals surface area (Å²) >= 11 is 1.16. The molecule has 3 aromatic rings. The number of phenols is 1. The van der Waals surface area contributed by atoms with Crippen molar-refractivity contribution in [3.63, 3.8) is 0 Å². The first kappa shape index (κ1) is 16.1. The van der Waals surface area contributed by atoms with Crippen molar-refractivity contribution in [2.24, 2.45) is 0 Å². The van der Waals surface area contributed by atoms with Crippen LogP contribution in [0.4, 0.5) is 5.69 Å². The largest absolute Gasteiger partial charge is 0.508 e. The van der Waals surface area contributed by atoms with Crippen LogP contribution in [0.25, 0.3) is 11.5 Å². The second-order valence-electron chi connectivity index (χ2n) is 5.08. The van der Waals surface area contributed by atoms with Crippen LogP contribution in [0.5, 0.6) is 5.75 Å². The molecule has 0 aliphatic rings. The van der Waals surface area contributed by atoms with E-state index in [1.54, 1.807) is 18.2 Å². The third kappa shape index (κ3) is 3.94. The SMILES string of the molecule is Cc1ccccc1NC(=O)CSc1nnc(-c2cccc(O)c2)o1. The highest BCUT2D eigenvalue weighted by Crippen LogP contribution is 2.25. The number of rotatable bonds is 5. The molecule has 24 heavy (non-hydrogen) atoms. The van der Waals surface area contributed by atoms with E-state index in [1.165, 1.54) is 6.07 Å². The summed E-state index contributed by atoms with van der Waals surface area (Å²) in [5.74, 6) is 0.437. The second kappa shape index (κ2) is 7.18. The summed E-state index contributed by atoms with van der Waals surface area (Å²) in [6, 6.07) is 14.1. The van der Waals surface area contributed by atoms with E-state index >= 15 is 0 Å². The number of carbonyl (C=O) groups is 1. The van der Waals surface area contributed by atoms with Crippen molar-refractivity contribution in [3.8, 4) is 17.2 Å². The number of aryl methyl sites for hydroxylation is 1. The van der Waals surface area contributed by atoms with E-state index < -0.39 is 0 Å². The fraction of sp³-hybridized carbons (Fsp3) is 0.118. The molecule has 0 fully saturated rings. The number of anilines is 1. The first-order valence-corrected chi connectivity index (χ1v) is 8.21. The van der Waals surface area contributed by atoms with Crippen LogP contribution in [-0.4, -0.2) is 27.0 Å². The van der Waals surface area contributed by atoms with Crippen LogP contribution >= 0.6 is 11.8 Å². The zero-order valence-corrected chi connectivity index (χ0v) is 13.7. The van der Waals surface area contributed by atoms with Crippen LogP contribution in [0.2, 0.25) is 0 Å². The predicted molar refractivity (Wildman–Crippen MR) is 91.9 cm³/mol. The van der Waals surface area contributed by atoms with Crippen LogP contribution in [0.15, 0.2) is 58.2 Å². The summed E-state index contributed by atoms with van der Waals surface area (Å²) < 4.78 is 5.50. The molecule has 2 aromatic carbocycles. The lowest BCUT2D eigenvalue weighted by Crippen LogP contribution is -2.14. The van der Waals surface area contributed by atoms with Gasteiger partial charge < -0.3 is 14.8 Å². The fourth-order valence-electron chi connectivity index (χ4n) is 2.05. The van der Waals surface area contributed by atoms with Crippen molar-refractivity contribution < 1.29 is 14.3 Å². The summed E-state index contributed by atoms with van der Waals surface area (Å²) in [5.41, 5.74) is 2.41. The van der Waals surface area contributed by atoms with Crippen LogP contribution in [-0.2, 0) is 4.79 Å². The Bertz CT molecular complexity index is 864. The maximum atomic E-state index is 12.0. The third-order valence-corrected chi connectivity index (χ3v) is 4.06. The van der Waals surface area contributed by atoms with Gasteiger partial charge in [0, 0.05) is 11.3 Å². The number of aromatic hydroxyl groups is 1. The topological polar surface area (TPSA) is 88.2 Å². The Morgan fingerprint density at radius 2 is 2.04 bits per heavy atom. The quantitative estimate of drug-likeness (QED) is 0.691. The molecule has 1 amide bonds. The minimum Gasteiger partial charge on any atom is -0.508 e. The lowest BCUT2D eigenvalue weighted by atomic mass is 10.2. The zero-order valence-electron chi connectivity index (χ0n) is 12.9. The molecule has 7 heteroatoms. The minimum absolute atomic E-state index is 0.123. The zero-order chi connectivity index (χ0) is 16.9. The van der Waals surface area contributed by atoms with Gasteiger partial charge in [0.05, 0.1) is 5.75 Å². The Morgan fingerprint density at radius 1 is 1.21 bits per heavy atom. The molecule has 3 rings (SSSR count). The highest BCUT2D eigenvalue weighted by Gasteiger charge is 2.12. The van der Waals surface area contributed by atoms with Gasteiger partial charge in [0.2, 0.25) is 11.8 Å². The molecule has 1 aromatic heterocycles. The van der Waals surface area contributed by atoms with E-state index in [9.17, 15) is 9.90 Å². The number of thioether (sulfide) groups is 1. The van der Waals surface area contributed by atoms with E-state index in [0.29, 0.717) is 16.7 Å². The van der Waals surface area contributed by atoms with E-state index in [0.717, 1.165) is 23.0 Å². The van der Waals surface area contributed by atoms with Gasteiger partial charge in [0.1, 0.15) is 5.75 Å². The normalized spacial score (nSPS) is 10.5. The molecular formula is C17H15N3O3S. The second-order valence-corrected chi connectivity index (χ2v) is 6.00. The van der Waals surface area contributed by atoms with Crippen molar-refractivity contribution in [1.29, 1.82) is 0 Å². The minimum atomic E-state index is -0.147. The standard InChI is InChI=1S/C17H15N3O3S/c1-11-5-2-3-8-14(11)18-15(22)10-24-17-20-19-16(23-17)12-6-4-7-13(21)9-12/h2-9,21H,10H2,1H3,(H,18,22). The molecule has 2 N–H and O–H groups in total. The van der Waals surface area contributed by atoms with Crippen molar-refractivity contribution in [3.05, 3.63) is 54.1 Å². The first-order valence-electron chi connectivity index (χ1n) is 7.23. The number of amides is 1. The number of hydrogen-bond donors (Lipinski definition) is 2. The fourth-order valence-corrected chi connectivity index (χ4v) is 2.61. The van der Waals surface area contributed by atoms with E-state index in [2.05, 4.69) is 15.5 Å². The van der Waals surface area contributed by atoms with Crippen LogP contribution in [0.3, 0.4) is 0 Å². The molecule has 0 bridgehead atoms. The van der Waals surface area contributed by atoms with Gasteiger partial charge in [0.25, 0.3) is 5.22 Å². The molecule has 6 nitrogen and oxygen atoms in total. The molecule has 1 heterocycles. The van der Waals surface area contributed by atoms with Gasteiger partial charge in [-0.15, -0.1) is 10.2 Å². The van der Waals surface area contributed by atoms with Crippen molar-refractivity contribution in [2.45, 2.75) is 12.1 Å². The van der Waals surface area contributed by atoms with Crippen molar-refractivity contribution >= 4 is 23.4 Å². The molecule has 0 aliphatic carbocycles.